The highest BCUT2D eigenvalue weighted by Gasteiger charge is 2.24. The van der Waals surface area contributed by atoms with Crippen molar-refractivity contribution in [3.05, 3.63) is 57.9 Å². The number of anilines is 1. The molecule has 210 valence electrons. The molecule has 1 aromatic carbocycles. The number of carbonyl (C=O) groups is 4. The average molecular weight is 554 g/mol. The van der Waals surface area contributed by atoms with Gasteiger partial charge in [-0.1, -0.05) is 20.8 Å². The minimum atomic E-state index is -1.15. The molecule has 2 heterocycles. The fraction of sp³-hybridized carbons (Fsp3) is 0.333. The smallest absolute Gasteiger partial charge is 0.328 e. The van der Waals surface area contributed by atoms with Crippen molar-refractivity contribution in [2.24, 2.45) is 5.41 Å². The van der Waals surface area contributed by atoms with Crippen LogP contribution in [0.15, 0.2) is 35.4 Å². The Kier molecular flexibility index (Phi) is 9.05. The largest absolute Gasteiger partial charge is 0.469 e. The summed E-state index contributed by atoms with van der Waals surface area (Å²) < 4.78 is 24.9. The van der Waals surface area contributed by atoms with Crippen molar-refractivity contribution in [2.75, 3.05) is 19.5 Å². The van der Waals surface area contributed by atoms with Gasteiger partial charge in [0.05, 0.1) is 25.2 Å². The lowest BCUT2D eigenvalue weighted by molar-refractivity contribution is -0.144. The Hall–Kier alpha value is -4.99. The third-order valence-corrected chi connectivity index (χ3v) is 5.68. The Bertz CT molecular complexity index is 1590. The lowest BCUT2D eigenvalue weighted by Gasteiger charge is -2.16. The zero-order chi connectivity index (χ0) is 29.6. The van der Waals surface area contributed by atoms with E-state index < -0.39 is 40.7 Å². The maximum absolute atomic E-state index is 14.8. The molecular formula is C27H28FN5O7. The molecule has 2 aromatic heterocycles. The van der Waals surface area contributed by atoms with Crippen molar-refractivity contribution < 1.29 is 33.0 Å². The number of amides is 2. The van der Waals surface area contributed by atoms with Crippen molar-refractivity contribution in [3.63, 3.8) is 0 Å². The van der Waals surface area contributed by atoms with Gasteiger partial charge in [0, 0.05) is 23.4 Å². The van der Waals surface area contributed by atoms with E-state index in [1.807, 2.05) is 0 Å². The number of hydrogen-bond donors (Lipinski definition) is 3. The molecule has 0 bridgehead atoms. The topological polar surface area (TPSA) is 161 Å². The number of esters is 2. The predicted octanol–water partition coefficient (Wildman–Crippen LogP) is 1.93. The quantitative estimate of drug-likeness (QED) is 0.295. The van der Waals surface area contributed by atoms with Crippen LogP contribution in [0.3, 0.4) is 0 Å². The Balaban J connectivity index is 1.78. The van der Waals surface area contributed by atoms with Gasteiger partial charge in [0.1, 0.15) is 29.7 Å². The molecule has 12 nitrogen and oxygen atoms in total. The summed E-state index contributed by atoms with van der Waals surface area (Å²) in [5.41, 5.74) is -1.16. The number of aromatic amines is 1. The normalized spacial score (nSPS) is 11.7. The highest BCUT2D eigenvalue weighted by Crippen LogP contribution is 2.19. The number of methoxy groups -OCH3 is 2. The average Bonchev–Trinajstić information content (AvgIpc) is 3.33. The Labute approximate surface area is 228 Å². The van der Waals surface area contributed by atoms with Crippen LogP contribution in [0, 0.1) is 23.2 Å². The first-order valence-electron chi connectivity index (χ1n) is 12.0. The van der Waals surface area contributed by atoms with E-state index in [1.165, 1.54) is 25.3 Å². The van der Waals surface area contributed by atoms with Crippen LogP contribution in [0.4, 0.5) is 10.2 Å². The van der Waals surface area contributed by atoms with Gasteiger partial charge < -0.3 is 25.1 Å². The fourth-order valence-electron chi connectivity index (χ4n) is 3.34. The number of ether oxygens (including phenoxy) is 2. The molecule has 13 heteroatoms. The Morgan fingerprint density at radius 1 is 1.15 bits per heavy atom. The molecule has 0 aliphatic carbocycles. The number of H-pyrrole nitrogens is 1. The van der Waals surface area contributed by atoms with Crippen LogP contribution in [0.25, 0.3) is 11.0 Å². The summed E-state index contributed by atoms with van der Waals surface area (Å²) in [7, 11) is 2.32. The number of fused-ring (bicyclic) bond motifs is 1. The van der Waals surface area contributed by atoms with Crippen LogP contribution in [0.1, 0.15) is 49.5 Å². The highest BCUT2D eigenvalue weighted by molar-refractivity contribution is 5.97. The van der Waals surface area contributed by atoms with Crippen molar-refractivity contribution in [1.82, 2.24) is 19.9 Å². The van der Waals surface area contributed by atoms with Crippen LogP contribution < -0.4 is 16.2 Å². The molecular weight excluding hydrogens is 525 g/mol. The van der Waals surface area contributed by atoms with Crippen LogP contribution >= 0.6 is 0 Å². The van der Waals surface area contributed by atoms with E-state index in [1.54, 1.807) is 20.8 Å². The van der Waals surface area contributed by atoms with Crippen molar-refractivity contribution in [2.45, 2.75) is 39.7 Å². The minimum Gasteiger partial charge on any atom is -0.469 e. The van der Waals surface area contributed by atoms with Crippen LogP contribution in [0.5, 0.6) is 0 Å². The van der Waals surface area contributed by atoms with Crippen molar-refractivity contribution in [1.29, 1.82) is 0 Å². The lowest BCUT2D eigenvalue weighted by atomic mass is 9.96. The SMILES string of the molecule is COC(=O)CC[C@H](NC(=O)c1ccc(C#Cn2cnc3[nH]c(NC(=O)C(C)(C)C)cc3c2=O)c(F)c1)C(=O)OC. The van der Waals surface area contributed by atoms with E-state index in [-0.39, 0.29) is 40.9 Å². The summed E-state index contributed by atoms with van der Waals surface area (Å²) in [4.78, 5) is 68.0. The summed E-state index contributed by atoms with van der Waals surface area (Å²) >= 11 is 0. The van der Waals surface area contributed by atoms with E-state index in [0.717, 1.165) is 24.1 Å². The zero-order valence-electron chi connectivity index (χ0n) is 22.5. The molecule has 40 heavy (non-hydrogen) atoms. The highest BCUT2D eigenvalue weighted by atomic mass is 19.1. The third kappa shape index (κ3) is 7.10. The van der Waals surface area contributed by atoms with Gasteiger partial charge in [-0.2, -0.15) is 0 Å². The maximum Gasteiger partial charge on any atom is 0.328 e. The van der Waals surface area contributed by atoms with Crippen LogP contribution in [-0.2, 0) is 23.9 Å². The van der Waals surface area contributed by atoms with Crippen molar-refractivity contribution in [3.8, 4) is 12.0 Å². The molecule has 0 aliphatic heterocycles. The zero-order valence-corrected chi connectivity index (χ0v) is 22.5. The van der Waals surface area contributed by atoms with E-state index in [4.69, 9.17) is 0 Å². The molecule has 3 N–H and O–H groups in total. The second-order valence-electron chi connectivity index (χ2n) is 9.66. The first kappa shape index (κ1) is 29.6. The first-order chi connectivity index (χ1) is 18.8. The molecule has 0 fully saturated rings. The summed E-state index contributed by atoms with van der Waals surface area (Å²) in [6.45, 7) is 5.24. The molecule has 3 aromatic rings. The number of halogens is 1. The summed E-state index contributed by atoms with van der Waals surface area (Å²) in [6.07, 6.45) is 0.940. The third-order valence-electron chi connectivity index (χ3n) is 5.68. The number of benzene rings is 1. The summed E-state index contributed by atoms with van der Waals surface area (Å²) in [5.74, 6) is -0.400. The van der Waals surface area contributed by atoms with Gasteiger partial charge in [-0.15, -0.1) is 0 Å². The molecule has 3 rings (SSSR count). The predicted molar refractivity (Wildman–Crippen MR) is 142 cm³/mol. The second kappa shape index (κ2) is 12.2. The number of nitrogens with zero attached hydrogens (tertiary/aromatic N) is 2. The molecule has 0 aliphatic rings. The number of aromatic nitrogens is 3. The van der Waals surface area contributed by atoms with Gasteiger partial charge >= 0.3 is 11.9 Å². The maximum atomic E-state index is 14.8. The van der Waals surface area contributed by atoms with E-state index >= 15 is 0 Å². The molecule has 0 saturated carbocycles. The lowest BCUT2D eigenvalue weighted by Crippen LogP contribution is -2.41. The number of carbonyl (C=O) groups excluding carboxylic acids is 4. The molecule has 0 saturated heterocycles. The molecule has 0 spiro atoms. The summed E-state index contributed by atoms with van der Waals surface area (Å²) in [5, 5.41) is 5.26. The van der Waals surface area contributed by atoms with Gasteiger partial charge in [0.2, 0.25) is 5.91 Å². The van der Waals surface area contributed by atoms with Crippen LogP contribution in [0.2, 0.25) is 0 Å². The number of nitrogens with one attached hydrogen (secondary N) is 3. The number of hydrogen-bond acceptors (Lipinski definition) is 8. The molecule has 2 amide bonds. The van der Waals surface area contributed by atoms with Gasteiger partial charge in [-0.25, -0.2) is 18.7 Å². The van der Waals surface area contributed by atoms with E-state index in [2.05, 4.69) is 42.0 Å². The van der Waals surface area contributed by atoms with Gasteiger partial charge in [-0.3, -0.25) is 19.2 Å². The van der Waals surface area contributed by atoms with Gasteiger partial charge in [0.25, 0.3) is 11.5 Å². The van der Waals surface area contributed by atoms with Crippen molar-refractivity contribution >= 4 is 40.6 Å². The monoisotopic (exact) mass is 553 g/mol. The standard InChI is InChI=1S/C27H28FN5O7/c1-27(2,3)26(38)32-20-13-17-22(31-20)29-14-33(24(17)36)11-10-15-6-7-16(12-18(15)28)23(35)30-19(25(37)40-5)8-9-21(34)39-4/h6-7,12-14,19,31H,8-9H2,1-5H3,(H,30,35)(H,32,38)/t19-/m0/s1. The molecule has 0 radical (unpaired) electrons. The second-order valence-corrected chi connectivity index (χ2v) is 9.66. The van der Waals surface area contributed by atoms with E-state index in [9.17, 15) is 28.4 Å². The van der Waals surface area contributed by atoms with Gasteiger partial charge in [-0.05, 0) is 36.6 Å². The fourth-order valence-corrected chi connectivity index (χ4v) is 3.34. The minimum absolute atomic E-state index is 0.0736. The summed E-state index contributed by atoms with van der Waals surface area (Å²) in [6, 6.07) is 6.26. The Morgan fingerprint density at radius 2 is 1.88 bits per heavy atom. The van der Waals surface area contributed by atoms with Gasteiger partial charge in [0.15, 0.2) is 0 Å². The van der Waals surface area contributed by atoms with E-state index in [0.29, 0.717) is 5.82 Å². The molecule has 1 atom stereocenters. The first-order valence-corrected chi connectivity index (χ1v) is 12.0. The molecule has 0 unspecified atom stereocenters. The Morgan fingerprint density at radius 3 is 2.50 bits per heavy atom. The number of rotatable bonds is 7. The van der Waals surface area contributed by atoms with Crippen LogP contribution in [-0.4, -0.2) is 58.5 Å².